The van der Waals surface area contributed by atoms with E-state index in [2.05, 4.69) is 0 Å². The third-order valence-electron chi connectivity index (χ3n) is 2.96. The molecule has 104 valence electrons. The predicted molar refractivity (Wildman–Crippen MR) is 84.7 cm³/mol. The largest absolute Gasteiger partial charge is 0.396 e. The van der Waals surface area contributed by atoms with E-state index in [4.69, 9.17) is 28.9 Å². The van der Waals surface area contributed by atoms with E-state index in [0.717, 1.165) is 5.69 Å². The van der Waals surface area contributed by atoms with Crippen LogP contribution in [-0.2, 0) is 0 Å². The average molecular weight is 309 g/mol. The molecule has 20 heavy (non-hydrogen) atoms. The lowest BCUT2D eigenvalue weighted by Gasteiger charge is -2.21. The number of rotatable bonds is 3. The molecule has 0 saturated carbocycles. The maximum atomic E-state index is 12.6. The molecular formula is C15H14Cl2N2O. The minimum atomic E-state index is -0.164. The summed E-state index contributed by atoms with van der Waals surface area (Å²) >= 11 is 12.0. The first kappa shape index (κ1) is 14.7. The van der Waals surface area contributed by atoms with Crippen LogP contribution in [0.15, 0.2) is 42.5 Å². The van der Waals surface area contributed by atoms with E-state index < -0.39 is 0 Å². The van der Waals surface area contributed by atoms with Crippen LogP contribution < -0.4 is 10.6 Å². The highest BCUT2D eigenvalue weighted by Gasteiger charge is 2.18. The maximum Gasteiger partial charge on any atom is 0.258 e. The Balaban J connectivity index is 2.39. The lowest BCUT2D eigenvalue weighted by Crippen LogP contribution is -2.30. The van der Waals surface area contributed by atoms with Crippen molar-refractivity contribution in [2.24, 2.45) is 0 Å². The molecule has 0 unspecified atom stereocenters. The van der Waals surface area contributed by atoms with E-state index in [9.17, 15) is 4.79 Å². The number of nitrogens with two attached hydrogens (primary N) is 1. The first-order valence-electron chi connectivity index (χ1n) is 6.16. The summed E-state index contributed by atoms with van der Waals surface area (Å²) in [5.41, 5.74) is 7.21. The van der Waals surface area contributed by atoms with Gasteiger partial charge in [-0.15, -0.1) is 0 Å². The van der Waals surface area contributed by atoms with Gasteiger partial charge in [-0.05, 0) is 31.2 Å². The first-order chi connectivity index (χ1) is 9.54. The van der Waals surface area contributed by atoms with Crippen LogP contribution in [0.25, 0.3) is 0 Å². The fourth-order valence-corrected chi connectivity index (χ4v) is 2.40. The van der Waals surface area contributed by atoms with Gasteiger partial charge in [-0.3, -0.25) is 4.79 Å². The molecule has 2 rings (SSSR count). The number of carbonyl (C=O) groups is 1. The van der Waals surface area contributed by atoms with Gasteiger partial charge in [0.25, 0.3) is 5.91 Å². The van der Waals surface area contributed by atoms with Crippen LogP contribution in [0.3, 0.4) is 0 Å². The van der Waals surface area contributed by atoms with Crippen LogP contribution in [0.1, 0.15) is 17.3 Å². The molecule has 0 radical (unpaired) electrons. The van der Waals surface area contributed by atoms with Gasteiger partial charge >= 0.3 is 0 Å². The number of hydrogen-bond donors (Lipinski definition) is 1. The molecule has 0 aliphatic heterocycles. The van der Waals surface area contributed by atoms with Crippen molar-refractivity contribution in [3.63, 3.8) is 0 Å². The molecule has 0 aliphatic carbocycles. The number of anilines is 2. The van der Waals surface area contributed by atoms with E-state index >= 15 is 0 Å². The van der Waals surface area contributed by atoms with Crippen molar-refractivity contribution in [2.75, 3.05) is 17.2 Å². The summed E-state index contributed by atoms with van der Waals surface area (Å²) in [7, 11) is 0. The lowest BCUT2D eigenvalue weighted by molar-refractivity contribution is 0.0988. The van der Waals surface area contributed by atoms with Crippen molar-refractivity contribution in [2.45, 2.75) is 6.92 Å². The number of halogens is 2. The zero-order valence-corrected chi connectivity index (χ0v) is 12.4. The molecule has 0 aliphatic rings. The number of nitrogen functional groups attached to an aromatic ring is 1. The molecule has 0 heterocycles. The summed E-state index contributed by atoms with van der Waals surface area (Å²) in [6.45, 7) is 2.45. The molecular weight excluding hydrogens is 295 g/mol. The molecule has 0 fully saturated rings. The van der Waals surface area contributed by atoms with Crippen LogP contribution >= 0.6 is 23.2 Å². The summed E-state index contributed by atoms with van der Waals surface area (Å²) < 4.78 is 0. The SMILES string of the molecule is CCN(C(=O)c1cc(Cl)c(N)c(Cl)c1)c1ccccc1. The number of benzene rings is 2. The van der Waals surface area contributed by atoms with E-state index in [0.29, 0.717) is 12.1 Å². The second-order valence-electron chi connectivity index (χ2n) is 4.24. The molecule has 3 nitrogen and oxygen atoms in total. The Hall–Kier alpha value is -1.71. The summed E-state index contributed by atoms with van der Waals surface area (Å²) in [6, 6.07) is 12.5. The van der Waals surface area contributed by atoms with Crippen LogP contribution in [-0.4, -0.2) is 12.5 Å². The van der Waals surface area contributed by atoms with E-state index in [1.165, 1.54) is 12.1 Å². The molecule has 5 heteroatoms. The van der Waals surface area contributed by atoms with Gasteiger partial charge in [0.05, 0.1) is 15.7 Å². The predicted octanol–water partition coefficient (Wildman–Crippen LogP) is 4.24. The van der Waals surface area contributed by atoms with Crippen molar-refractivity contribution in [3.8, 4) is 0 Å². The Labute approximate surface area is 127 Å². The van der Waals surface area contributed by atoms with Gasteiger partial charge in [0.2, 0.25) is 0 Å². The second-order valence-corrected chi connectivity index (χ2v) is 5.05. The van der Waals surface area contributed by atoms with Gasteiger partial charge in [0.15, 0.2) is 0 Å². The third kappa shape index (κ3) is 2.89. The third-order valence-corrected chi connectivity index (χ3v) is 3.58. The standard InChI is InChI=1S/C15H14Cl2N2O/c1-2-19(11-6-4-3-5-7-11)15(20)10-8-12(16)14(18)13(17)9-10/h3-9H,2,18H2,1H3. The molecule has 2 aromatic rings. The van der Waals surface area contributed by atoms with Crippen LogP contribution in [0.5, 0.6) is 0 Å². The summed E-state index contributed by atoms with van der Waals surface area (Å²) in [4.78, 5) is 14.2. The Bertz CT molecular complexity index is 606. The molecule has 0 bridgehead atoms. The van der Waals surface area contributed by atoms with Crippen molar-refractivity contribution in [1.29, 1.82) is 0 Å². The van der Waals surface area contributed by atoms with Crippen LogP contribution in [0.2, 0.25) is 10.0 Å². The fourth-order valence-electron chi connectivity index (χ4n) is 1.91. The van der Waals surface area contributed by atoms with Crippen molar-refractivity contribution >= 4 is 40.5 Å². The van der Waals surface area contributed by atoms with Crippen molar-refractivity contribution < 1.29 is 4.79 Å². The highest BCUT2D eigenvalue weighted by molar-refractivity contribution is 6.39. The molecule has 2 N–H and O–H groups in total. The second kappa shape index (κ2) is 6.16. The number of carbonyl (C=O) groups excluding carboxylic acids is 1. The Morgan fingerprint density at radius 3 is 2.20 bits per heavy atom. The summed E-state index contributed by atoms with van der Waals surface area (Å²) in [6.07, 6.45) is 0. The smallest absolute Gasteiger partial charge is 0.258 e. The number of nitrogens with zero attached hydrogens (tertiary/aromatic N) is 1. The molecule has 0 saturated heterocycles. The zero-order chi connectivity index (χ0) is 14.7. The first-order valence-corrected chi connectivity index (χ1v) is 6.91. The van der Waals surface area contributed by atoms with Crippen molar-refractivity contribution in [1.82, 2.24) is 0 Å². The topological polar surface area (TPSA) is 46.3 Å². The zero-order valence-electron chi connectivity index (χ0n) is 10.9. The maximum absolute atomic E-state index is 12.6. The highest BCUT2D eigenvalue weighted by Crippen LogP contribution is 2.30. The number of amides is 1. The quantitative estimate of drug-likeness (QED) is 0.862. The normalized spacial score (nSPS) is 10.3. The highest BCUT2D eigenvalue weighted by atomic mass is 35.5. The molecule has 0 atom stereocenters. The van der Waals surface area contributed by atoms with E-state index in [1.807, 2.05) is 37.3 Å². The lowest BCUT2D eigenvalue weighted by atomic mass is 10.1. The molecule has 0 spiro atoms. The van der Waals surface area contributed by atoms with E-state index in [-0.39, 0.29) is 21.6 Å². The average Bonchev–Trinajstić information content (AvgIpc) is 2.46. The summed E-state index contributed by atoms with van der Waals surface area (Å²) in [5, 5.41) is 0.565. The summed E-state index contributed by atoms with van der Waals surface area (Å²) in [5.74, 6) is -0.164. The van der Waals surface area contributed by atoms with E-state index in [1.54, 1.807) is 4.90 Å². The van der Waals surface area contributed by atoms with Gasteiger partial charge in [-0.2, -0.15) is 0 Å². The minimum Gasteiger partial charge on any atom is -0.396 e. The number of para-hydroxylation sites is 1. The molecule has 2 aromatic carbocycles. The minimum absolute atomic E-state index is 0.164. The van der Waals surface area contributed by atoms with Gasteiger partial charge < -0.3 is 10.6 Å². The van der Waals surface area contributed by atoms with Crippen molar-refractivity contribution in [3.05, 3.63) is 58.1 Å². The van der Waals surface area contributed by atoms with Gasteiger partial charge in [-0.1, -0.05) is 41.4 Å². The van der Waals surface area contributed by atoms with Gasteiger partial charge in [-0.25, -0.2) is 0 Å². The Morgan fingerprint density at radius 1 is 1.15 bits per heavy atom. The Morgan fingerprint density at radius 2 is 1.70 bits per heavy atom. The molecule has 0 aromatic heterocycles. The fraction of sp³-hybridized carbons (Fsp3) is 0.133. The van der Waals surface area contributed by atoms with Crippen LogP contribution in [0.4, 0.5) is 11.4 Å². The van der Waals surface area contributed by atoms with Gasteiger partial charge in [0.1, 0.15) is 0 Å². The monoisotopic (exact) mass is 308 g/mol. The Kier molecular flexibility index (Phi) is 4.53. The van der Waals surface area contributed by atoms with Crippen LogP contribution in [0, 0.1) is 0 Å². The molecule has 1 amide bonds. The number of hydrogen-bond acceptors (Lipinski definition) is 2. The van der Waals surface area contributed by atoms with Gasteiger partial charge in [0, 0.05) is 17.8 Å².